The molecule has 0 bridgehead atoms. The molecule has 1 unspecified atom stereocenters. The lowest BCUT2D eigenvalue weighted by atomic mass is 10.0. The Labute approximate surface area is 111 Å². The number of benzene rings is 1. The molecule has 102 valence electrons. The fourth-order valence-corrected chi connectivity index (χ4v) is 1.46. The van der Waals surface area contributed by atoms with Crippen LogP contribution in [0.1, 0.15) is 11.6 Å². The average Bonchev–Trinajstić information content (AvgIpc) is 2.35. The van der Waals surface area contributed by atoms with E-state index in [-0.39, 0.29) is 18.0 Å². The van der Waals surface area contributed by atoms with Gasteiger partial charge >= 0.3 is 5.97 Å². The molecule has 0 spiro atoms. The van der Waals surface area contributed by atoms with Crippen molar-refractivity contribution in [2.24, 2.45) is 5.73 Å². The van der Waals surface area contributed by atoms with Crippen LogP contribution in [-0.2, 0) is 4.79 Å². The number of carboxylic acids is 1. The standard InChI is InChI=1S/C11H15NO5.ClH/c1-15-6-4-7(16-2)9(8(5-6)17-3)10(12)11(13)14;/h4-5,10H,12H2,1-3H3,(H,13,14);1H. The average molecular weight is 278 g/mol. The van der Waals surface area contributed by atoms with Crippen LogP contribution in [0.4, 0.5) is 0 Å². The Morgan fingerprint density at radius 2 is 1.61 bits per heavy atom. The molecule has 3 N–H and O–H groups in total. The lowest BCUT2D eigenvalue weighted by molar-refractivity contribution is -0.138. The third-order valence-electron chi connectivity index (χ3n) is 2.33. The van der Waals surface area contributed by atoms with E-state index in [9.17, 15) is 4.79 Å². The quantitative estimate of drug-likeness (QED) is 0.841. The molecule has 7 heteroatoms. The summed E-state index contributed by atoms with van der Waals surface area (Å²) in [5, 5.41) is 8.93. The zero-order chi connectivity index (χ0) is 13.0. The van der Waals surface area contributed by atoms with Crippen molar-refractivity contribution >= 4 is 18.4 Å². The molecule has 0 aromatic heterocycles. The van der Waals surface area contributed by atoms with Crippen molar-refractivity contribution in [2.75, 3.05) is 21.3 Å². The molecule has 1 aromatic rings. The molecule has 1 rings (SSSR count). The largest absolute Gasteiger partial charge is 0.496 e. The van der Waals surface area contributed by atoms with E-state index >= 15 is 0 Å². The van der Waals surface area contributed by atoms with Crippen LogP contribution in [-0.4, -0.2) is 32.4 Å². The smallest absolute Gasteiger partial charge is 0.325 e. The maximum atomic E-state index is 10.9. The molecule has 0 radical (unpaired) electrons. The molecule has 6 nitrogen and oxygen atoms in total. The Bertz CT molecular complexity index is 399. The normalized spacial score (nSPS) is 11.1. The van der Waals surface area contributed by atoms with E-state index in [1.807, 2.05) is 0 Å². The predicted molar refractivity (Wildman–Crippen MR) is 67.9 cm³/mol. The fraction of sp³-hybridized carbons (Fsp3) is 0.364. The van der Waals surface area contributed by atoms with E-state index in [0.29, 0.717) is 17.2 Å². The van der Waals surface area contributed by atoms with Gasteiger partial charge in [-0.25, -0.2) is 0 Å². The van der Waals surface area contributed by atoms with Crippen molar-refractivity contribution in [1.82, 2.24) is 0 Å². The van der Waals surface area contributed by atoms with E-state index in [1.54, 1.807) is 12.1 Å². The molecule has 1 atom stereocenters. The van der Waals surface area contributed by atoms with Crippen LogP contribution in [0.25, 0.3) is 0 Å². The summed E-state index contributed by atoms with van der Waals surface area (Å²) in [5.41, 5.74) is 5.86. The third kappa shape index (κ3) is 3.18. The minimum Gasteiger partial charge on any atom is -0.496 e. The molecular formula is C11H16ClNO5. The number of nitrogens with two attached hydrogens (primary N) is 1. The van der Waals surface area contributed by atoms with Gasteiger partial charge in [0.25, 0.3) is 0 Å². The maximum absolute atomic E-state index is 10.9. The molecule has 0 saturated heterocycles. The number of carbonyl (C=O) groups is 1. The predicted octanol–water partition coefficient (Wildman–Crippen LogP) is 1.22. The molecule has 0 aliphatic carbocycles. The number of aliphatic carboxylic acids is 1. The zero-order valence-corrected chi connectivity index (χ0v) is 11.1. The van der Waals surface area contributed by atoms with Gasteiger partial charge in [0.1, 0.15) is 23.3 Å². The highest BCUT2D eigenvalue weighted by Crippen LogP contribution is 2.37. The highest BCUT2D eigenvalue weighted by atomic mass is 35.5. The third-order valence-corrected chi connectivity index (χ3v) is 2.33. The van der Waals surface area contributed by atoms with Crippen molar-refractivity contribution in [2.45, 2.75) is 6.04 Å². The van der Waals surface area contributed by atoms with Crippen LogP contribution in [0, 0.1) is 0 Å². The number of halogens is 1. The van der Waals surface area contributed by atoms with Crippen LogP contribution in [0.3, 0.4) is 0 Å². The first-order chi connectivity index (χ1) is 8.04. The molecule has 0 aliphatic rings. The SMILES string of the molecule is COc1cc(OC)c(C(N)C(=O)O)c(OC)c1.Cl. The van der Waals surface area contributed by atoms with Gasteiger partial charge in [-0.2, -0.15) is 0 Å². The second-order valence-electron chi connectivity index (χ2n) is 3.26. The summed E-state index contributed by atoms with van der Waals surface area (Å²) in [6.07, 6.45) is 0. The molecule has 0 heterocycles. The summed E-state index contributed by atoms with van der Waals surface area (Å²) >= 11 is 0. The molecule has 0 amide bonds. The van der Waals surface area contributed by atoms with E-state index < -0.39 is 12.0 Å². The van der Waals surface area contributed by atoms with Crippen molar-refractivity contribution in [3.05, 3.63) is 17.7 Å². The van der Waals surface area contributed by atoms with Gasteiger partial charge in [0.15, 0.2) is 0 Å². The summed E-state index contributed by atoms with van der Waals surface area (Å²) in [7, 11) is 4.34. The van der Waals surface area contributed by atoms with Gasteiger partial charge < -0.3 is 25.1 Å². The number of rotatable bonds is 5. The van der Waals surface area contributed by atoms with Crippen molar-refractivity contribution < 1.29 is 24.1 Å². The second-order valence-corrected chi connectivity index (χ2v) is 3.26. The van der Waals surface area contributed by atoms with Crippen molar-refractivity contribution in [3.8, 4) is 17.2 Å². The van der Waals surface area contributed by atoms with Crippen molar-refractivity contribution in [1.29, 1.82) is 0 Å². The van der Waals surface area contributed by atoms with E-state index in [4.69, 9.17) is 25.1 Å². The Morgan fingerprint density at radius 1 is 1.17 bits per heavy atom. The van der Waals surface area contributed by atoms with Gasteiger partial charge in [0, 0.05) is 12.1 Å². The van der Waals surface area contributed by atoms with Crippen LogP contribution in [0.2, 0.25) is 0 Å². The Hall–Kier alpha value is -1.66. The molecular weight excluding hydrogens is 262 g/mol. The van der Waals surface area contributed by atoms with Gasteiger partial charge in [-0.15, -0.1) is 12.4 Å². The highest BCUT2D eigenvalue weighted by Gasteiger charge is 2.24. The summed E-state index contributed by atoms with van der Waals surface area (Å²) in [6, 6.07) is 1.90. The summed E-state index contributed by atoms with van der Waals surface area (Å²) < 4.78 is 15.2. The van der Waals surface area contributed by atoms with E-state index in [2.05, 4.69) is 0 Å². The fourth-order valence-electron chi connectivity index (χ4n) is 1.46. The summed E-state index contributed by atoms with van der Waals surface area (Å²) in [6.45, 7) is 0. The molecule has 0 aliphatic heterocycles. The van der Waals surface area contributed by atoms with E-state index in [0.717, 1.165) is 0 Å². The van der Waals surface area contributed by atoms with Gasteiger partial charge in [0.2, 0.25) is 0 Å². The first kappa shape index (κ1) is 16.3. The van der Waals surface area contributed by atoms with Gasteiger partial charge in [-0.05, 0) is 0 Å². The van der Waals surface area contributed by atoms with Gasteiger partial charge in [-0.3, -0.25) is 4.79 Å². The number of hydrogen-bond acceptors (Lipinski definition) is 5. The Morgan fingerprint density at radius 3 is 1.89 bits per heavy atom. The Balaban J connectivity index is 0.00000289. The molecule has 18 heavy (non-hydrogen) atoms. The van der Waals surface area contributed by atoms with Crippen LogP contribution in [0.15, 0.2) is 12.1 Å². The first-order valence-corrected chi connectivity index (χ1v) is 4.83. The lowest BCUT2D eigenvalue weighted by Gasteiger charge is -2.17. The van der Waals surface area contributed by atoms with Gasteiger partial charge in [0.05, 0.1) is 26.9 Å². The Kier molecular flexibility index (Phi) is 6.29. The lowest BCUT2D eigenvalue weighted by Crippen LogP contribution is -2.22. The number of carboxylic acid groups (broad SMARTS) is 1. The topological polar surface area (TPSA) is 91.0 Å². The summed E-state index contributed by atoms with van der Waals surface area (Å²) in [5.74, 6) is -0.0287. The minimum absolute atomic E-state index is 0. The second kappa shape index (κ2) is 6.93. The van der Waals surface area contributed by atoms with Crippen LogP contribution in [0.5, 0.6) is 17.2 Å². The van der Waals surface area contributed by atoms with Crippen molar-refractivity contribution in [3.63, 3.8) is 0 Å². The molecule has 0 saturated carbocycles. The van der Waals surface area contributed by atoms with Crippen LogP contribution >= 0.6 is 12.4 Å². The number of methoxy groups -OCH3 is 3. The first-order valence-electron chi connectivity index (χ1n) is 4.83. The zero-order valence-electron chi connectivity index (χ0n) is 10.3. The van der Waals surface area contributed by atoms with Crippen LogP contribution < -0.4 is 19.9 Å². The highest BCUT2D eigenvalue weighted by molar-refractivity contribution is 5.85. The monoisotopic (exact) mass is 277 g/mol. The summed E-state index contributed by atoms with van der Waals surface area (Å²) in [4.78, 5) is 10.9. The molecule has 0 fully saturated rings. The molecule has 1 aromatic carbocycles. The number of hydrogen-bond donors (Lipinski definition) is 2. The number of ether oxygens (including phenoxy) is 3. The van der Waals surface area contributed by atoms with Gasteiger partial charge in [-0.1, -0.05) is 0 Å². The van der Waals surface area contributed by atoms with E-state index in [1.165, 1.54) is 21.3 Å². The maximum Gasteiger partial charge on any atom is 0.325 e. The minimum atomic E-state index is -1.22.